The molecule has 2 unspecified atom stereocenters. The van der Waals surface area contributed by atoms with E-state index in [1.807, 2.05) is 29.2 Å². The van der Waals surface area contributed by atoms with E-state index in [2.05, 4.69) is 29.7 Å². The number of rotatable bonds is 14. The standard InChI is InChI=1S/C37H41N9O8S2/c1-6-53-42-26(29-40-35(56-43-29)41-36(50)54-37(2,3)4)31(47)39-27-32(48)46-28(34(49)52-18-22-11-13-24(51-5)14-12-22)23(19-55-33(27)46)17-44-15-7-8-25-30(44)38-20-45(25)16-21-9-10-21/h7-8,11-15,20-21,27,33H,6,9-10,16-19H2,1-5H3,(H-,39,40,41,43,47,50)/p+1/b42-26-. The smallest absolute Gasteiger partial charge is 0.414 e. The summed E-state index contributed by atoms with van der Waals surface area (Å²) in [5, 5.41) is 8.60. The molecule has 2 fully saturated rings. The van der Waals surface area contributed by atoms with Crippen LogP contribution in [0.5, 0.6) is 5.75 Å². The van der Waals surface area contributed by atoms with E-state index in [1.54, 1.807) is 59.1 Å². The highest BCUT2D eigenvalue weighted by Gasteiger charge is 2.55. The second-order valence-electron chi connectivity index (χ2n) is 14.3. The third kappa shape index (κ3) is 8.62. The van der Waals surface area contributed by atoms with Crippen molar-refractivity contribution in [1.29, 1.82) is 0 Å². The summed E-state index contributed by atoms with van der Waals surface area (Å²) >= 11 is 2.23. The van der Waals surface area contributed by atoms with Crippen molar-refractivity contribution in [2.45, 2.75) is 77.2 Å². The number of β-lactam (4-membered cyclic amide) rings is 1. The topological polar surface area (TPSA) is 192 Å². The summed E-state index contributed by atoms with van der Waals surface area (Å²) in [6, 6.07) is 10.1. The number of amides is 3. The molecular formula is C37H42N9O8S2+. The molecule has 1 aromatic carbocycles. The van der Waals surface area contributed by atoms with Crippen LogP contribution in [-0.2, 0) is 48.4 Å². The number of benzene rings is 1. The number of pyridine rings is 1. The minimum atomic E-state index is -1.02. The Morgan fingerprint density at radius 2 is 1.91 bits per heavy atom. The molecule has 3 amide bonds. The minimum Gasteiger partial charge on any atom is -0.497 e. The summed E-state index contributed by atoms with van der Waals surface area (Å²) in [4.78, 5) is 69.5. The molecule has 17 nitrogen and oxygen atoms in total. The van der Waals surface area contributed by atoms with Gasteiger partial charge in [-0.05, 0) is 81.3 Å². The zero-order valence-electron chi connectivity index (χ0n) is 31.5. The molecule has 56 heavy (non-hydrogen) atoms. The number of anilines is 1. The monoisotopic (exact) mass is 804 g/mol. The predicted octanol–water partition coefficient (Wildman–Crippen LogP) is 3.78. The quantitative estimate of drug-likeness (QED) is 0.0618. The largest absolute Gasteiger partial charge is 0.497 e. The van der Waals surface area contributed by atoms with Crippen molar-refractivity contribution in [2.75, 3.05) is 24.8 Å². The van der Waals surface area contributed by atoms with Crippen LogP contribution >= 0.6 is 23.3 Å². The number of oxime groups is 1. The molecule has 2 N–H and O–H groups in total. The van der Waals surface area contributed by atoms with E-state index >= 15 is 0 Å². The Hall–Kier alpha value is -5.56. The first kappa shape index (κ1) is 38.7. The molecule has 5 heterocycles. The van der Waals surface area contributed by atoms with Gasteiger partial charge in [0, 0.05) is 29.4 Å². The van der Waals surface area contributed by atoms with E-state index in [9.17, 15) is 19.2 Å². The summed E-state index contributed by atoms with van der Waals surface area (Å²) in [6.07, 6.45) is 5.43. The van der Waals surface area contributed by atoms with E-state index in [4.69, 9.17) is 24.0 Å². The van der Waals surface area contributed by atoms with Crippen molar-refractivity contribution in [3.8, 4) is 5.75 Å². The van der Waals surface area contributed by atoms with Gasteiger partial charge in [-0.2, -0.15) is 9.36 Å². The van der Waals surface area contributed by atoms with Crippen LogP contribution in [0.15, 0.2) is 65.3 Å². The molecule has 2 atom stereocenters. The highest BCUT2D eigenvalue weighted by Crippen LogP contribution is 2.41. The van der Waals surface area contributed by atoms with Gasteiger partial charge in [0.05, 0.1) is 13.3 Å². The van der Waals surface area contributed by atoms with Gasteiger partial charge in [-0.15, -0.1) is 11.8 Å². The summed E-state index contributed by atoms with van der Waals surface area (Å²) in [7, 11) is 1.57. The van der Waals surface area contributed by atoms with Crippen molar-refractivity contribution < 1.29 is 42.8 Å². The van der Waals surface area contributed by atoms with Crippen molar-refractivity contribution in [3.05, 3.63) is 71.6 Å². The second-order valence-corrected chi connectivity index (χ2v) is 16.2. The molecule has 7 rings (SSSR count). The molecule has 3 aromatic heterocycles. The molecule has 294 valence electrons. The molecule has 0 spiro atoms. The van der Waals surface area contributed by atoms with Crippen LogP contribution < -0.4 is 19.9 Å². The number of aromatic nitrogens is 5. The number of nitrogens with zero attached hydrogens (tertiary/aromatic N) is 7. The van der Waals surface area contributed by atoms with Crippen LogP contribution in [0.1, 0.15) is 51.9 Å². The van der Waals surface area contributed by atoms with E-state index in [-0.39, 0.29) is 42.1 Å². The average molecular weight is 805 g/mol. The molecule has 19 heteroatoms. The maximum atomic E-state index is 14.0. The van der Waals surface area contributed by atoms with Crippen LogP contribution in [0.4, 0.5) is 9.93 Å². The number of hydrogen-bond acceptors (Lipinski definition) is 14. The number of carbonyl (C=O) groups excluding carboxylic acids is 4. The molecule has 1 aliphatic carbocycles. The van der Waals surface area contributed by atoms with E-state index in [0.717, 1.165) is 34.8 Å². The Balaban J connectivity index is 1.12. The summed E-state index contributed by atoms with van der Waals surface area (Å²) in [5.41, 5.74) is 2.25. The van der Waals surface area contributed by atoms with Crippen molar-refractivity contribution in [3.63, 3.8) is 0 Å². The van der Waals surface area contributed by atoms with Gasteiger partial charge >= 0.3 is 17.7 Å². The number of thioether (sulfide) groups is 1. The highest BCUT2D eigenvalue weighted by atomic mass is 32.2. The Kier molecular flexibility index (Phi) is 11.2. The maximum Gasteiger partial charge on any atom is 0.414 e. The third-order valence-electron chi connectivity index (χ3n) is 8.97. The molecule has 1 saturated carbocycles. The van der Waals surface area contributed by atoms with Gasteiger partial charge in [0.2, 0.25) is 23.0 Å². The van der Waals surface area contributed by atoms with E-state index in [1.165, 1.54) is 29.5 Å². The zero-order valence-corrected chi connectivity index (χ0v) is 33.1. The van der Waals surface area contributed by atoms with Crippen LogP contribution in [0.2, 0.25) is 0 Å². The molecule has 0 bridgehead atoms. The van der Waals surface area contributed by atoms with Crippen LogP contribution in [-0.4, -0.2) is 89.9 Å². The lowest BCUT2D eigenvalue weighted by Crippen LogP contribution is -2.71. The van der Waals surface area contributed by atoms with Crippen LogP contribution in [0, 0.1) is 5.92 Å². The Labute approximate surface area is 330 Å². The fourth-order valence-corrected chi connectivity index (χ4v) is 8.05. The number of imidazole rings is 1. The van der Waals surface area contributed by atoms with E-state index < -0.39 is 40.9 Å². The fourth-order valence-electron chi connectivity index (χ4n) is 6.15. The normalized spacial score (nSPS) is 18.3. The number of ether oxygens (including phenoxy) is 3. The number of nitrogens with one attached hydrogen (secondary N) is 2. The summed E-state index contributed by atoms with van der Waals surface area (Å²) in [6.45, 7) is 8.15. The average Bonchev–Trinajstić information content (AvgIpc) is 3.72. The van der Waals surface area contributed by atoms with Gasteiger partial charge < -0.3 is 28.9 Å². The first-order valence-electron chi connectivity index (χ1n) is 18.1. The second kappa shape index (κ2) is 16.3. The lowest BCUT2D eigenvalue weighted by atomic mass is 10.0. The van der Waals surface area contributed by atoms with Gasteiger partial charge in [-0.1, -0.05) is 17.3 Å². The number of hydrogen-bond donors (Lipinski definition) is 2. The van der Waals surface area contributed by atoms with Gasteiger partial charge in [0.25, 0.3) is 11.8 Å². The first-order valence-corrected chi connectivity index (χ1v) is 19.9. The summed E-state index contributed by atoms with van der Waals surface area (Å²) < 4.78 is 24.6. The Bertz CT molecular complexity index is 2210. The highest BCUT2D eigenvalue weighted by molar-refractivity contribution is 8.00. The van der Waals surface area contributed by atoms with Crippen LogP contribution in [0.25, 0.3) is 11.2 Å². The summed E-state index contributed by atoms with van der Waals surface area (Å²) in [5.74, 6) is -0.375. The maximum absolute atomic E-state index is 14.0. The van der Waals surface area contributed by atoms with E-state index in [0.29, 0.717) is 23.0 Å². The number of carbonyl (C=O) groups is 4. The van der Waals surface area contributed by atoms with Crippen molar-refractivity contribution in [1.82, 2.24) is 29.1 Å². The molecule has 0 radical (unpaired) electrons. The Morgan fingerprint density at radius 3 is 2.62 bits per heavy atom. The van der Waals surface area contributed by atoms with Gasteiger partial charge in [-0.25, -0.2) is 14.2 Å². The van der Waals surface area contributed by atoms with Crippen molar-refractivity contribution >= 4 is 69.2 Å². The third-order valence-corrected chi connectivity index (χ3v) is 10.9. The van der Waals surface area contributed by atoms with Gasteiger partial charge in [-0.3, -0.25) is 19.8 Å². The minimum absolute atomic E-state index is 0.0312. The number of methoxy groups -OCH3 is 1. The zero-order chi connectivity index (χ0) is 39.6. The molecule has 3 aliphatic rings. The van der Waals surface area contributed by atoms with Crippen LogP contribution in [0.3, 0.4) is 0 Å². The van der Waals surface area contributed by atoms with Gasteiger partial charge in [0.15, 0.2) is 0 Å². The molecular weight excluding hydrogens is 763 g/mol. The number of fused-ring (bicyclic) bond motifs is 2. The molecule has 4 aromatic rings. The predicted molar refractivity (Wildman–Crippen MR) is 205 cm³/mol. The molecule has 2 aliphatic heterocycles. The first-order chi connectivity index (χ1) is 26.9. The molecule has 1 saturated heterocycles. The fraction of sp³-hybridized carbons (Fsp3) is 0.432. The SMILES string of the molecule is CCO/N=C(\C(=O)NC1C(=O)N2C(C(=O)OCc3ccc(OC)cc3)=C(C[n+]3cccc4c3ncn4CC3CC3)CSC12)c1nsc(NC(=O)OC(C)(C)C)n1. The lowest BCUT2D eigenvalue weighted by molar-refractivity contribution is -0.664. The van der Waals surface area contributed by atoms with Gasteiger partial charge in [0.1, 0.15) is 53.7 Å². The lowest BCUT2D eigenvalue weighted by Gasteiger charge is -2.49. The number of esters is 1. The Morgan fingerprint density at radius 1 is 1.12 bits per heavy atom. The van der Waals surface area contributed by atoms with Crippen molar-refractivity contribution in [2.24, 2.45) is 11.1 Å².